The lowest BCUT2D eigenvalue weighted by atomic mass is 9.88. The van der Waals surface area contributed by atoms with E-state index in [1.165, 1.54) is 0 Å². The van der Waals surface area contributed by atoms with Gasteiger partial charge in [-0.3, -0.25) is 4.79 Å². The number of hydrogen-bond donors (Lipinski definition) is 3. The van der Waals surface area contributed by atoms with Crippen LogP contribution in [-0.4, -0.2) is 30.2 Å². The maximum atomic E-state index is 12.4. The van der Waals surface area contributed by atoms with E-state index < -0.39 is 6.10 Å². The first kappa shape index (κ1) is 15.3. The fourth-order valence-electron chi connectivity index (χ4n) is 3.07. The van der Waals surface area contributed by atoms with Gasteiger partial charge in [-0.2, -0.15) is 0 Å². The van der Waals surface area contributed by atoms with Gasteiger partial charge in [0.25, 0.3) is 0 Å². The summed E-state index contributed by atoms with van der Waals surface area (Å²) < 4.78 is 0. The van der Waals surface area contributed by atoms with Crippen molar-refractivity contribution in [3.63, 3.8) is 0 Å². The number of amides is 1. The third-order valence-corrected chi connectivity index (χ3v) is 4.41. The minimum Gasteiger partial charge on any atom is -0.390 e. The zero-order valence-corrected chi connectivity index (χ0v) is 12.4. The van der Waals surface area contributed by atoms with Gasteiger partial charge in [0, 0.05) is 13.0 Å². The molecule has 3 N–H and O–H groups in total. The number of nitrogens with one attached hydrogen (secondary N) is 2. The first-order valence-electron chi connectivity index (χ1n) is 6.88. The van der Waals surface area contributed by atoms with E-state index in [0.29, 0.717) is 13.0 Å². The molecule has 2 aliphatic rings. The standard InChI is InChI=1S/C15H20N2O2.ClH/c1-15(6-7-16-9-15)14(19)17-13-11-5-3-2-4-10(11)8-12(13)18;/h2-5,12-13,16,18H,6-9H2,1H3,(H,17,19);1H/t12-,13+,15?;/m0./s1. The normalized spacial score (nSPS) is 31.5. The second kappa shape index (κ2) is 5.72. The molecule has 1 aromatic rings. The first-order valence-corrected chi connectivity index (χ1v) is 6.88. The van der Waals surface area contributed by atoms with Crippen LogP contribution in [0.4, 0.5) is 0 Å². The van der Waals surface area contributed by atoms with Crippen molar-refractivity contribution in [2.75, 3.05) is 13.1 Å². The fraction of sp³-hybridized carbons (Fsp3) is 0.533. The Labute approximate surface area is 125 Å². The molecule has 1 heterocycles. The Balaban J connectivity index is 0.00000147. The number of rotatable bonds is 2. The van der Waals surface area contributed by atoms with Crippen LogP contribution in [-0.2, 0) is 11.2 Å². The lowest BCUT2D eigenvalue weighted by molar-refractivity contribution is -0.130. The molecule has 0 aromatic heterocycles. The van der Waals surface area contributed by atoms with E-state index in [2.05, 4.69) is 10.6 Å². The van der Waals surface area contributed by atoms with Crippen LogP contribution in [0.5, 0.6) is 0 Å². The third kappa shape index (κ3) is 2.55. The topological polar surface area (TPSA) is 61.4 Å². The minimum absolute atomic E-state index is 0. The van der Waals surface area contributed by atoms with Crippen LogP contribution in [0.15, 0.2) is 24.3 Å². The van der Waals surface area contributed by atoms with Crippen molar-refractivity contribution < 1.29 is 9.90 Å². The van der Waals surface area contributed by atoms with Gasteiger partial charge in [0.05, 0.1) is 17.6 Å². The summed E-state index contributed by atoms with van der Waals surface area (Å²) >= 11 is 0. The summed E-state index contributed by atoms with van der Waals surface area (Å²) in [7, 11) is 0. The Morgan fingerprint density at radius 2 is 2.20 bits per heavy atom. The molecule has 110 valence electrons. The maximum Gasteiger partial charge on any atom is 0.227 e. The predicted octanol–water partition coefficient (Wildman–Crippen LogP) is 1.18. The van der Waals surface area contributed by atoms with E-state index in [4.69, 9.17) is 0 Å². The highest BCUT2D eigenvalue weighted by Gasteiger charge is 2.40. The van der Waals surface area contributed by atoms with Crippen molar-refractivity contribution >= 4 is 18.3 Å². The van der Waals surface area contributed by atoms with Crippen molar-refractivity contribution in [2.45, 2.75) is 31.9 Å². The number of benzene rings is 1. The Hall–Kier alpha value is -1.10. The largest absolute Gasteiger partial charge is 0.390 e. The SMILES string of the molecule is CC1(C(=O)N[C@@H]2c3ccccc3C[C@@H]2O)CCNC1.Cl. The highest BCUT2D eigenvalue weighted by molar-refractivity contribution is 5.85. The Kier molecular flexibility index (Phi) is 4.37. The molecule has 20 heavy (non-hydrogen) atoms. The number of aliphatic hydroxyl groups is 1. The van der Waals surface area contributed by atoms with Gasteiger partial charge in [-0.25, -0.2) is 0 Å². The number of fused-ring (bicyclic) bond motifs is 1. The second-order valence-electron chi connectivity index (χ2n) is 5.91. The zero-order chi connectivity index (χ0) is 13.5. The van der Waals surface area contributed by atoms with Crippen LogP contribution in [0.1, 0.15) is 30.5 Å². The van der Waals surface area contributed by atoms with Gasteiger partial charge in [-0.1, -0.05) is 24.3 Å². The van der Waals surface area contributed by atoms with Crippen molar-refractivity contribution in [1.29, 1.82) is 0 Å². The molecule has 0 spiro atoms. The van der Waals surface area contributed by atoms with Gasteiger partial charge < -0.3 is 15.7 Å². The highest BCUT2D eigenvalue weighted by atomic mass is 35.5. The number of carbonyl (C=O) groups excluding carboxylic acids is 1. The van der Waals surface area contributed by atoms with E-state index >= 15 is 0 Å². The van der Waals surface area contributed by atoms with Crippen LogP contribution in [0.25, 0.3) is 0 Å². The van der Waals surface area contributed by atoms with E-state index in [1.54, 1.807) is 0 Å². The van der Waals surface area contributed by atoms with Gasteiger partial charge in [0.15, 0.2) is 0 Å². The molecular weight excluding hydrogens is 276 g/mol. The van der Waals surface area contributed by atoms with Gasteiger partial charge >= 0.3 is 0 Å². The van der Waals surface area contributed by atoms with Gasteiger partial charge in [0.2, 0.25) is 5.91 Å². The average molecular weight is 297 g/mol. The van der Waals surface area contributed by atoms with Crippen LogP contribution in [0.3, 0.4) is 0 Å². The van der Waals surface area contributed by atoms with E-state index in [-0.39, 0.29) is 29.8 Å². The van der Waals surface area contributed by atoms with Crippen LogP contribution < -0.4 is 10.6 Å². The number of halogens is 1. The smallest absolute Gasteiger partial charge is 0.227 e. The van der Waals surface area contributed by atoms with Crippen molar-refractivity contribution in [2.24, 2.45) is 5.41 Å². The molecule has 1 aliphatic heterocycles. The third-order valence-electron chi connectivity index (χ3n) is 4.41. The summed E-state index contributed by atoms with van der Waals surface area (Å²) in [4.78, 5) is 12.4. The molecule has 1 fully saturated rings. The van der Waals surface area contributed by atoms with Crippen molar-refractivity contribution in [3.05, 3.63) is 35.4 Å². The summed E-state index contributed by atoms with van der Waals surface area (Å²) in [6, 6.07) is 7.67. The molecule has 1 unspecified atom stereocenters. The second-order valence-corrected chi connectivity index (χ2v) is 5.91. The number of aliphatic hydroxyl groups excluding tert-OH is 1. The van der Waals surface area contributed by atoms with Crippen LogP contribution >= 0.6 is 12.4 Å². The quantitative estimate of drug-likeness (QED) is 0.768. The van der Waals surface area contributed by atoms with E-state index in [9.17, 15) is 9.90 Å². The Morgan fingerprint density at radius 3 is 2.90 bits per heavy atom. The lowest BCUT2D eigenvalue weighted by Crippen LogP contribution is -2.44. The summed E-state index contributed by atoms with van der Waals surface area (Å²) in [6.45, 7) is 3.58. The molecule has 0 bridgehead atoms. The maximum absolute atomic E-state index is 12.4. The van der Waals surface area contributed by atoms with Gasteiger partial charge in [-0.05, 0) is 31.0 Å². The monoisotopic (exact) mass is 296 g/mol. The van der Waals surface area contributed by atoms with Crippen molar-refractivity contribution in [3.8, 4) is 0 Å². The molecule has 0 saturated carbocycles. The van der Waals surface area contributed by atoms with Gasteiger partial charge in [0.1, 0.15) is 0 Å². The van der Waals surface area contributed by atoms with Crippen molar-refractivity contribution in [1.82, 2.24) is 10.6 Å². The minimum atomic E-state index is -0.515. The first-order chi connectivity index (χ1) is 9.10. The molecule has 0 radical (unpaired) electrons. The van der Waals surface area contributed by atoms with E-state index in [1.807, 2.05) is 31.2 Å². The number of hydrogen-bond acceptors (Lipinski definition) is 3. The fourth-order valence-corrected chi connectivity index (χ4v) is 3.07. The molecular formula is C15H21ClN2O2. The summed E-state index contributed by atoms with van der Waals surface area (Å²) in [5.41, 5.74) is 1.84. The van der Waals surface area contributed by atoms with E-state index in [0.717, 1.165) is 24.1 Å². The predicted molar refractivity (Wildman–Crippen MR) is 79.9 cm³/mol. The van der Waals surface area contributed by atoms with Gasteiger partial charge in [-0.15, -0.1) is 12.4 Å². The average Bonchev–Trinajstić information content (AvgIpc) is 2.96. The molecule has 1 amide bonds. The number of carbonyl (C=O) groups is 1. The molecule has 1 saturated heterocycles. The molecule has 1 aliphatic carbocycles. The molecule has 5 heteroatoms. The summed E-state index contributed by atoms with van der Waals surface area (Å²) in [5.74, 6) is 0.0400. The summed E-state index contributed by atoms with van der Waals surface area (Å²) in [6.07, 6.45) is 0.957. The molecule has 3 atom stereocenters. The molecule has 1 aromatic carbocycles. The molecule has 3 rings (SSSR count). The van der Waals surface area contributed by atoms with Crippen LogP contribution in [0, 0.1) is 5.41 Å². The summed E-state index contributed by atoms with van der Waals surface area (Å²) in [5, 5.41) is 16.4. The highest BCUT2D eigenvalue weighted by Crippen LogP contribution is 2.33. The Bertz CT molecular complexity index is 500. The Morgan fingerprint density at radius 1 is 1.45 bits per heavy atom. The zero-order valence-electron chi connectivity index (χ0n) is 11.6. The van der Waals surface area contributed by atoms with Crippen LogP contribution in [0.2, 0.25) is 0 Å². The molecule has 4 nitrogen and oxygen atoms in total. The lowest BCUT2D eigenvalue weighted by Gasteiger charge is -2.26.